The van der Waals surface area contributed by atoms with E-state index >= 15 is 0 Å². The van der Waals surface area contributed by atoms with E-state index in [9.17, 15) is 22.7 Å². The van der Waals surface area contributed by atoms with E-state index in [1.54, 1.807) is 0 Å². The molecular formula is C20H20Cl2F2N4O3S. The fraction of sp³-hybridized carbons (Fsp3) is 0.350. The summed E-state index contributed by atoms with van der Waals surface area (Å²) in [5.41, 5.74) is 4.65. The van der Waals surface area contributed by atoms with Crippen LogP contribution in [0.1, 0.15) is 35.8 Å². The minimum atomic E-state index is -3.58. The van der Waals surface area contributed by atoms with Gasteiger partial charge >= 0.3 is 0 Å². The van der Waals surface area contributed by atoms with E-state index in [0.29, 0.717) is 0 Å². The Bertz CT molecular complexity index is 1150. The van der Waals surface area contributed by atoms with Crippen molar-refractivity contribution < 1.29 is 22.7 Å². The van der Waals surface area contributed by atoms with Crippen LogP contribution < -0.4 is 11.1 Å². The summed E-state index contributed by atoms with van der Waals surface area (Å²) in [5, 5.41) is 1.94. The molecule has 1 amide bonds. The number of hydrogen-bond donors (Lipinski definition) is 4. The van der Waals surface area contributed by atoms with Gasteiger partial charge in [0.25, 0.3) is 5.91 Å². The first kappa shape index (κ1) is 23.2. The highest BCUT2D eigenvalue weighted by Gasteiger charge is 2.65. The SMILES string of the molecule is C[C@]1(c2cc(NC(=O)c3ncc(Cl)cc3Cl)ccc2F)N=C(N)[C@@]2(CF)CC[C@@H]1S2(O)O. The van der Waals surface area contributed by atoms with E-state index in [-0.39, 0.29) is 45.7 Å². The van der Waals surface area contributed by atoms with Crippen LogP contribution in [0.25, 0.3) is 0 Å². The van der Waals surface area contributed by atoms with Crippen LogP contribution in [0.15, 0.2) is 35.5 Å². The molecule has 4 rings (SSSR count). The molecule has 2 bridgehead atoms. The highest BCUT2D eigenvalue weighted by atomic mass is 35.5. The largest absolute Gasteiger partial charge is 0.386 e. The number of halogens is 4. The minimum Gasteiger partial charge on any atom is -0.386 e. The maximum absolute atomic E-state index is 14.9. The normalized spacial score (nSPS) is 29.3. The molecule has 0 unspecified atom stereocenters. The third-order valence-electron chi connectivity index (χ3n) is 6.24. The van der Waals surface area contributed by atoms with Gasteiger partial charge in [-0.05, 0) is 44.0 Å². The average Bonchev–Trinajstić information content (AvgIpc) is 2.92. The van der Waals surface area contributed by atoms with Gasteiger partial charge in [0.2, 0.25) is 0 Å². The Hall–Kier alpha value is -1.98. The molecular weight excluding hydrogens is 485 g/mol. The molecule has 2 aliphatic heterocycles. The molecule has 0 spiro atoms. The van der Waals surface area contributed by atoms with E-state index < -0.39 is 44.5 Å². The predicted octanol–water partition coefficient (Wildman–Crippen LogP) is 4.99. The number of rotatable bonds is 4. The second-order valence-corrected chi connectivity index (χ2v) is 11.4. The van der Waals surface area contributed by atoms with E-state index in [0.717, 1.165) is 6.07 Å². The summed E-state index contributed by atoms with van der Waals surface area (Å²) >= 11 is 11.8. The second kappa shape index (κ2) is 7.81. The molecule has 5 N–H and O–H groups in total. The molecule has 0 radical (unpaired) electrons. The monoisotopic (exact) mass is 504 g/mol. The molecule has 3 atom stereocenters. The highest BCUT2D eigenvalue weighted by molar-refractivity contribution is 8.26. The maximum Gasteiger partial charge on any atom is 0.275 e. The van der Waals surface area contributed by atoms with Crippen LogP contribution in [-0.4, -0.2) is 42.5 Å². The van der Waals surface area contributed by atoms with Gasteiger partial charge in [0.15, 0.2) is 0 Å². The molecule has 32 heavy (non-hydrogen) atoms. The van der Waals surface area contributed by atoms with Crippen LogP contribution in [0.2, 0.25) is 10.0 Å². The summed E-state index contributed by atoms with van der Waals surface area (Å²) in [5.74, 6) is -1.58. The Balaban J connectivity index is 1.73. The Morgan fingerprint density at radius 1 is 1.38 bits per heavy atom. The van der Waals surface area contributed by atoms with E-state index in [4.69, 9.17) is 28.9 Å². The molecule has 0 aliphatic carbocycles. The number of carbonyl (C=O) groups excluding carboxylic acids is 1. The Kier molecular flexibility index (Phi) is 5.66. The molecule has 1 saturated heterocycles. The first-order valence-electron chi connectivity index (χ1n) is 9.57. The first-order valence-corrected chi connectivity index (χ1v) is 11.9. The zero-order chi connectivity index (χ0) is 23.5. The van der Waals surface area contributed by atoms with E-state index in [2.05, 4.69) is 15.3 Å². The van der Waals surface area contributed by atoms with Crippen LogP contribution in [0.3, 0.4) is 0 Å². The number of nitrogens with zero attached hydrogens (tertiary/aromatic N) is 2. The number of fused-ring (bicyclic) bond motifs is 2. The highest BCUT2D eigenvalue weighted by Crippen LogP contribution is 2.71. The van der Waals surface area contributed by atoms with Crippen molar-refractivity contribution in [2.24, 2.45) is 10.7 Å². The van der Waals surface area contributed by atoms with Crippen molar-refractivity contribution in [2.75, 3.05) is 12.0 Å². The minimum absolute atomic E-state index is 0.00672. The Morgan fingerprint density at radius 2 is 2.09 bits per heavy atom. The second-order valence-electron chi connectivity index (χ2n) is 8.03. The molecule has 3 heterocycles. The fourth-order valence-electron chi connectivity index (χ4n) is 4.47. The number of amides is 1. The lowest BCUT2D eigenvalue weighted by atomic mass is 9.86. The number of anilines is 1. The van der Waals surface area contributed by atoms with Crippen molar-refractivity contribution >= 4 is 51.2 Å². The molecule has 1 aromatic carbocycles. The third kappa shape index (κ3) is 3.28. The molecule has 7 nitrogen and oxygen atoms in total. The Morgan fingerprint density at radius 3 is 2.75 bits per heavy atom. The molecule has 172 valence electrons. The van der Waals surface area contributed by atoms with Gasteiger partial charge in [-0.2, -0.15) is 10.6 Å². The van der Waals surface area contributed by atoms with Crippen molar-refractivity contribution in [1.29, 1.82) is 0 Å². The molecule has 0 saturated carbocycles. The zero-order valence-corrected chi connectivity index (χ0v) is 19.1. The van der Waals surface area contributed by atoms with Gasteiger partial charge < -0.3 is 11.1 Å². The number of pyridine rings is 1. The standard InChI is InChI=1S/C20H20Cl2F2N4O3S/c1-19(15-4-5-20(9-23,18(25)28-19)32(15,30)31)12-7-11(2-3-14(12)24)27-17(29)16-13(22)6-10(21)8-26-16/h2-3,6-8,15,30-31H,4-5,9H2,1H3,(H2,25,28)(H,27,29)/t15-,19+,20-/m0/s1. The van der Waals surface area contributed by atoms with E-state index in [1.807, 2.05) is 0 Å². The third-order valence-corrected chi connectivity index (χ3v) is 9.89. The van der Waals surface area contributed by atoms with Crippen molar-refractivity contribution in [1.82, 2.24) is 4.98 Å². The Labute approximate surface area is 194 Å². The number of alkyl halides is 1. The smallest absolute Gasteiger partial charge is 0.275 e. The van der Waals surface area contributed by atoms with Crippen molar-refractivity contribution in [3.8, 4) is 0 Å². The predicted molar refractivity (Wildman–Crippen MR) is 122 cm³/mol. The summed E-state index contributed by atoms with van der Waals surface area (Å²) < 4.78 is 49.0. The van der Waals surface area contributed by atoms with Crippen molar-refractivity contribution in [3.63, 3.8) is 0 Å². The molecule has 1 fully saturated rings. The van der Waals surface area contributed by atoms with Crippen LogP contribution in [0.4, 0.5) is 14.5 Å². The summed E-state index contributed by atoms with van der Waals surface area (Å²) in [6, 6.07) is 5.16. The number of benzene rings is 1. The first-order chi connectivity index (χ1) is 15.0. The molecule has 12 heteroatoms. The summed E-state index contributed by atoms with van der Waals surface area (Å²) in [6.45, 7) is 0.457. The zero-order valence-electron chi connectivity index (χ0n) is 16.8. The number of amidine groups is 1. The van der Waals surface area contributed by atoms with Crippen LogP contribution in [0.5, 0.6) is 0 Å². The number of carbonyl (C=O) groups is 1. The number of hydrogen-bond acceptors (Lipinski definition) is 6. The topological polar surface area (TPSA) is 121 Å². The summed E-state index contributed by atoms with van der Waals surface area (Å²) in [7, 11) is -3.58. The van der Waals surface area contributed by atoms with Gasteiger partial charge in [0.1, 0.15) is 34.3 Å². The summed E-state index contributed by atoms with van der Waals surface area (Å²) in [4.78, 5) is 20.9. The molecule has 2 aromatic rings. The quantitative estimate of drug-likeness (QED) is 0.467. The lowest BCUT2D eigenvalue weighted by Gasteiger charge is -2.54. The lowest BCUT2D eigenvalue weighted by molar-refractivity contribution is 0.102. The van der Waals surface area contributed by atoms with Crippen LogP contribution in [0, 0.1) is 5.82 Å². The van der Waals surface area contributed by atoms with Crippen LogP contribution >= 0.6 is 33.8 Å². The van der Waals surface area contributed by atoms with Gasteiger partial charge in [0.05, 0.1) is 15.3 Å². The molecule has 2 aliphatic rings. The summed E-state index contributed by atoms with van der Waals surface area (Å²) in [6.07, 6.45) is 1.56. The van der Waals surface area contributed by atoms with Gasteiger partial charge in [0, 0.05) is 17.4 Å². The van der Waals surface area contributed by atoms with E-state index in [1.165, 1.54) is 31.3 Å². The number of aliphatic imine (C=N–C) groups is 1. The fourth-order valence-corrected chi connectivity index (χ4v) is 7.68. The van der Waals surface area contributed by atoms with Crippen LogP contribution in [-0.2, 0) is 5.54 Å². The maximum atomic E-state index is 14.9. The van der Waals surface area contributed by atoms with Gasteiger partial charge in [-0.1, -0.05) is 23.2 Å². The van der Waals surface area contributed by atoms with Gasteiger partial charge in [-0.3, -0.25) is 18.9 Å². The number of nitrogens with two attached hydrogens (primary N) is 1. The van der Waals surface area contributed by atoms with Crippen molar-refractivity contribution in [2.45, 2.75) is 35.3 Å². The van der Waals surface area contributed by atoms with Crippen molar-refractivity contribution in [3.05, 3.63) is 57.6 Å². The van der Waals surface area contributed by atoms with Gasteiger partial charge in [-0.25, -0.2) is 13.8 Å². The van der Waals surface area contributed by atoms with Gasteiger partial charge in [-0.15, -0.1) is 0 Å². The number of nitrogens with one attached hydrogen (secondary N) is 1. The number of aromatic nitrogens is 1. The average molecular weight is 505 g/mol. The molecule has 1 aromatic heterocycles. The lowest BCUT2D eigenvalue weighted by Crippen LogP contribution is -2.55.